The first-order valence-corrected chi connectivity index (χ1v) is 6.09. The molecule has 0 radical (unpaired) electrons. The van der Waals surface area contributed by atoms with Crippen LogP contribution < -0.4 is 4.90 Å². The van der Waals surface area contributed by atoms with Gasteiger partial charge in [-0.1, -0.05) is 31.0 Å². The number of hydrogen-bond donors (Lipinski definition) is 1. The Morgan fingerprint density at radius 1 is 1.35 bits per heavy atom. The number of carbonyl (C=O) groups is 1. The standard InChI is InChI=1S/C14H21NO2/c1-4-5-12(3)15(10-14(16)17)13-8-6-11(2)7-9-13/h6-9,12H,4-5,10H2,1-3H3,(H,16,17). The fourth-order valence-corrected chi connectivity index (χ4v) is 1.96. The van der Waals surface area contributed by atoms with Gasteiger partial charge >= 0.3 is 5.97 Å². The molecule has 0 aliphatic carbocycles. The van der Waals surface area contributed by atoms with Crippen LogP contribution in [0, 0.1) is 6.92 Å². The van der Waals surface area contributed by atoms with E-state index in [1.54, 1.807) is 0 Å². The summed E-state index contributed by atoms with van der Waals surface area (Å²) in [4.78, 5) is 12.9. The summed E-state index contributed by atoms with van der Waals surface area (Å²) >= 11 is 0. The molecule has 1 rings (SSSR count). The molecule has 0 bridgehead atoms. The van der Waals surface area contributed by atoms with Gasteiger partial charge in [0.1, 0.15) is 6.54 Å². The lowest BCUT2D eigenvalue weighted by Gasteiger charge is -2.29. The number of aryl methyl sites for hydroxylation is 1. The van der Waals surface area contributed by atoms with Crippen LogP contribution in [0.3, 0.4) is 0 Å². The molecule has 0 heterocycles. The Labute approximate surface area is 103 Å². The van der Waals surface area contributed by atoms with Crippen molar-refractivity contribution in [3.05, 3.63) is 29.8 Å². The normalized spacial score (nSPS) is 12.2. The van der Waals surface area contributed by atoms with E-state index in [0.29, 0.717) is 0 Å². The molecule has 1 unspecified atom stereocenters. The average Bonchev–Trinajstić information content (AvgIpc) is 2.27. The molecule has 1 aromatic carbocycles. The molecule has 0 amide bonds. The average molecular weight is 235 g/mol. The molecule has 0 saturated heterocycles. The van der Waals surface area contributed by atoms with Crippen LogP contribution in [0.4, 0.5) is 5.69 Å². The zero-order valence-electron chi connectivity index (χ0n) is 10.8. The molecule has 1 atom stereocenters. The second kappa shape index (κ2) is 6.28. The largest absolute Gasteiger partial charge is 0.480 e. The van der Waals surface area contributed by atoms with E-state index in [9.17, 15) is 4.79 Å². The number of hydrogen-bond acceptors (Lipinski definition) is 2. The van der Waals surface area contributed by atoms with Crippen molar-refractivity contribution in [3.63, 3.8) is 0 Å². The summed E-state index contributed by atoms with van der Waals surface area (Å²) in [6.45, 7) is 6.28. The van der Waals surface area contributed by atoms with Crippen molar-refractivity contribution in [2.24, 2.45) is 0 Å². The molecule has 0 aliphatic heterocycles. The van der Waals surface area contributed by atoms with E-state index in [2.05, 4.69) is 13.8 Å². The van der Waals surface area contributed by atoms with Crippen LogP contribution in [0.15, 0.2) is 24.3 Å². The third-order valence-electron chi connectivity index (χ3n) is 2.91. The fraction of sp³-hybridized carbons (Fsp3) is 0.500. The van der Waals surface area contributed by atoms with Gasteiger partial charge in [-0.05, 0) is 32.4 Å². The molecule has 1 aromatic rings. The summed E-state index contributed by atoms with van der Waals surface area (Å²) in [6.07, 6.45) is 2.06. The van der Waals surface area contributed by atoms with E-state index in [1.165, 1.54) is 5.56 Å². The van der Waals surface area contributed by atoms with Crippen LogP contribution in [0.5, 0.6) is 0 Å². The van der Waals surface area contributed by atoms with Crippen molar-refractivity contribution in [1.82, 2.24) is 0 Å². The predicted molar refractivity (Wildman–Crippen MR) is 70.5 cm³/mol. The highest BCUT2D eigenvalue weighted by Crippen LogP contribution is 2.19. The van der Waals surface area contributed by atoms with Crippen LogP contribution in [0.25, 0.3) is 0 Å². The van der Waals surface area contributed by atoms with Gasteiger partial charge in [0, 0.05) is 11.7 Å². The van der Waals surface area contributed by atoms with Gasteiger partial charge in [-0.3, -0.25) is 4.79 Å². The van der Waals surface area contributed by atoms with Crippen LogP contribution in [-0.4, -0.2) is 23.7 Å². The summed E-state index contributed by atoms with van der Waals surface area (Å²) < 4.78 is 0. The zero-order chi connectivity index (χ0) is 12.8. The monoisotopic (exact) mass is 235 g/mol. The van der Waals surface area contributed by atoms with Gasteiger partial charge in [0.2, 0.25) is 0 Å². The molecule has 0 saturated carbocycles. The minimum atomic E-state index is -0.784. The van der Waals surface area contributed by atoms with Crippen molar-refractivity contribution in [2.75, 3.05) is 11.4 Å². The Balaban J connectivity index is 2.88. The van der Waals surface area contributed by atoms with Crippen molar-refractivity contribution in [3.8, 4) is 0 Å². The summed E-state index contributed by atoms with van der Waals surface area (Å²) in [7, 11) is 0. The van der Waals surface area contributed by atoms with Crippen LogP contribution in [-0.2, 0) is 4.79 Å². The maximum absolute atomic E-state index is 10.9. The summed E-state index contributed by atoms with van der Waals surface area (Å²) in [5.41, 5.74) is 2.17. The highest BCUT2D eigenvalue weighted by Gasteiger charge is 2.16. The minimum absolute atomic E-state index is 0.0597. The number of carboxylic acid groups (broad SMARTS) is 1. The van der Waals surface area contributed by atoms with Gasteiger partial charge in [-0.15, -0.1) is 0 Å². The van der Waals surface area contributed by atoms with Gasteiger partial charge in [-0.2, -0.15) is 0 Å². The predicted octanol–water partition coefficient (Wildman–Crippen LogP) is 3.07. The van der Waals surface area contributed by atoms with Gasteiger partial charge in [0.15, 0.2) is 0 Å². The van der Waals surface area contributed by atoms with Crippen LogP contribution in [0.2, 0.25) is 0 Å². The van der Waals surface area contributed by atoms with Gasteiger partial charge < -0.3 is 10.0 Å². The van der Waals surface area contributed by atoms with Gasteiger partial charge in [0.25, 0.3) is 0 Å². The SMILES string of the molecule is CCCC(C)N(CC(=O)O)c1ccc(C)cc1. The third-order valence-corrected chi connectivity index (χ3v) is 2.91. The van der Waals surface area contributed by atoms with Crippen molar-refractivity contribution >= 4 is 11.7 Å². The Morgan fingerprint density at radius 3 is 2.41 bits per heavy atom. The summed E-state index contributed by atoms with van der Waals surface area (Å²) in [5, 5.41) is 8.98. The van der Waals surface area contributed by atoms with E-state index in [0.717, 1.165) is 18.5 Å². The number of carboxylic acids is 1. The van der Waals surface area contributed by atoms with Crippen molar-refractivity contribution < 1.29 is 9.90 Å². The lowest BCUT2D eigenvalue weighted by molar-refractivity contribution is -0.135. The fourth-order valence-electron chi connectivity index (χ4n) is 1.96. The smallest absolute Gasteiger partial charge is 0.323 e. The number of benzene rings is 1. The van der Waals surface area contributed by atoms with Crippen molar-refractivity contribution in [1.29, 1.82) is 0 Å². The van der Waals surface area contributed by atoms with E-state index in [-0.39, 0.29) is 12.6 Å². The lowest BCUT2D eigenvalue weighted by atomic mass is 10.1. The maximum Gasteiger partial charge on any atom is 0.323 e. The molecular formula is C14H21NO2. The van der Waals surface area contributed by atoms with E-state index in [4.69, 9.17) is 5.11 Å². The molecule has 0 aliphatic rings. The Bertz CT molecular complexity index is 359. The Kier molecular flexibility index (Phi) is 5.01. The molecule has 94 valence electrons. The topological polar surface area (TPSA) is 40.5 Å². The van der Waals surface area contributed by atoms with Crippen molar-refractivity contribution in [2.45, 2.75) is 39.7 Å². The molecule has 3 heteroatoms. The first-order valence-electron chi connectivity index (χ1n) is 6.09. The van der Waals surface area contributed by atoms with E-state index < -0.39 is 5.97 Å². The second-order valence-electron chi connectivity index (χ2n) is 4.49. The molecule has 1 N–H and O–H groups in total. The third kappa shape index (κ3) is 4.10. The van der Waals surface area contributed by atoms with E-state index >= 15 is 0 Å². The molecule has 0 aromatic heterocycles. The number of nitrogens with zero attached hydrogens (tertiary/aromatic N) is 1. The Morgan fingerprint density at radius 2 is 1.94 bits per heavy atom. The summed E-state index contributed by atoms with van der Waals surface area (Å²) in [5.74, 6) is -0.784. The number of rotatable bonds is 6. The quantitative estimate of drug-likeness (QED) is 0.823. The molecule has 17 heavy (non-hydrogen) atoms. The highest BCUT2D eigenvalue weighted by atomic mass is 16.4. The molecular weight excluding hydrogens is 214 g/mol. The second-order valence-corrected chi connectivity index (χ2v) is 4.49. The highest BCUT2D eigenvalue weighted by molar-refractivity contribution is 5.74. The number of anilines is 1. The first-order chi connectivity index (χ1) is 8.04. The van der Waals surface area contributed by atoms with Crippen LogP contribution >= 0.6 is 0 Å². The molecule has 0 spiro atoms. The zero-order valence-corrected chi connectivity index (χ0v) is 10.8. The number of aliphatic carboxylic acids is 1. The first kappa shape index (κ1) is 13.6. The summed E-state index contributed by atoms with van der Waals surface area (Å²) in [6, 6.07) is 8.26. The van der Waals surface area contributed by atoms with E-state index in [1.807, 2.05) is 36.1 Å². The lowest BCUT2D eigenvalue weighted by Crippen LogP contribution is -2.37. The Hall–Kier alpha value is -1.51. The van der Waals surface area contributed by atoms with Gasteiger partial charge in [0.05, 0.1) is 0 Å². The van der Waals surface area contributed by atoms with Crippen LogP contribution in [0.1, 0.15) is 32.3 Å². The maximum atomic E-state index is 10.9. The molecule has 0 fully saturated rings. The minimum Gasteiger partial charge on any atom is -0.480 e. The van der Waals surface area contributed by atoms with Gasteiger partial charge in [-0.25, -0.2) is 0 Å². The molecule has 3 nitrogen and oxygen atoms in total.